The maximum absolute atomic E-state index is 12.3. The third-order valence-electron chi connectivity index (χ3n) is 4.49. The molecule has 28 heavy (non-hydrogen) atoms. The van der Waals surface area contributed by atoms with Crippen LogP contribution in [0.5, 0.6) is 11.6 Å². The number of nitriles is 1. The fourth-order valence-corrected chi connectivity index (χ4v) is 3.17. The molecule has 1 saturated carbocycles. The van der Waals surface area contributed by atoms with E-state index in [9.17, 15) is 4.79 Å². The molecule has 0 spiro atoms. The van der Waals surface area contributed by atoms with Gasteiger partial charge in [-0.15, -0.1) is 0 Å². The monoisotopic (exact) mass is 381 g/mol. The quantitative estimate of drug-likeness (QED) is 0.795. The van der Waals surface area contributed by atoms with Crippen LogP contribution >= 0.6 is 0 Å². The number of nitrogens with one attached hydrogen (secondary N) is 2. The fraction of sp³-hybridized carbons (Fsp3) is 0.400. The minimum Gasteiger partial charge on any atom is -0.492 e. The van der Waals surface area contributed by atoms with Gasteiger partial charge < -0.3 is 20.1 Å². The fourth-order valence-electron chi connectivity index (χ4n) is 3.17. The molecular formula is C20H23N5O3. The number of carbonyl (C=O) groups excluding carboxylic acids is 1. The zero-order valence-corrected chi connectivity index (χ0v) is 15.7. The highest BCUT2D eigenvalue weighted by molar-refractivity contribution is 5.91. The first-order valence-electron chi connectivity index (χ1n) is 9.36. The summed E-state index contributed by atoms with van der Waals surface area (Å²) >= 11 is 0. The number of urea groups is 1. The van der Waals surface area contributed by atoms with E-state index in [1.807, 2.05) is 37.3 Å². The zero-order valence-electron chi connectivity index (χ0n) is 15.7. The summed E-state index contributed by atoms with van der Waals surface area (Å²) in [7, 11) is 0. The summed E-state index contributed by atoms with van der Waals surface area (Å²) in [5, 5.41) is 14.9. The molecule has 0 unspecified atom stereocenters. The van der Waals surface area contributed by atoms with Gasteiger partial charge in [0.1, 0.15) is 17.9 Å². The third kappa shape index (κ3) is 5.10. The summed E-state index contributed by atoms with van der Waals surface area (Å²) in [6.07, 6.45) is 6.04. The van der Waals surface area contributed by atoms with Crippen LogP contribution in [0, 0.1) is 11.3 Å². The van der Waals surface area contributed by atoms with Crippen molar-refractivity contribution in [2.24, 2.45) is 0 Å². The van der Waals surface area contributed by atoms with E-state index in [-0.39, 0.29) is 29.8 Å². The van der Waals surface area contributed by atoms with Gasteiger partial charge in [-0.25, -0.2) is 14.8 Å². The Morgan fingerprint density at radius 3 is 2.71 bits per heavy atom. The molecule has 1 aliphatic carbocycles. The molecular weight excluding hydrogens is 358 g/mol. The Morgan fingerprint density at radius 1 is 1.21 bits per heavy atom. The van der Waals surface area contributed by atoms with Crippen LogP contribution < -0.4 is 20.1 Å². The van der Waals surface area contributed by atoms with Crippen molar-refractivity contribution in [2.75, 3.05) is 11.9 Å². The first-order chi connectivity index (χ1) is 13.7. The van der Waals surface area contributed by atoms with E-state index in [0.29, 0.717) is 18.0 Å². The van der Waals surface area contributed by atoms with Crippen LogP contribution in [0.3, 0.4) is 0 Å². The van der Waals surface area contributed by atoms with Crippen molar-refractivity contribution < 1.29 is 14.3 Å². The molecule has 1 fully saturated rings. The lowest BCUT2D eigenvalue weighted by molar-refractivity contribution is 0.134. The number of benzene rings is 1. The van der Waals surface area contributed by atoms with E-state index in [1.54, 1.807) is 0 Å². The van der Waals surface area contributed by atoms with Crippen LogP contribution in [-0.2, 0) is 0 Å². The van der Waals surface area contributed by atoms with Gasteiger partial charge >= 0.3 is 6.03 Å². The first-order valence-corrected chi connectivity index (χ1v) is 9.36. The number of rotatable bonds is 6. The first kappa shape index (κ1) is 19.4. The van der Waals surface area contributed by atoms with Crippen molar-refractivity contribution in [3.8, 4) is 17.7 Å². The highest BCUT2D eigenvalue weighted by atomic mass is 16.5. The Bertz CT molecular complexity index is 844. The number of amides is 2. The average molecular weight is 381 g/mol. The molecule has 2 N–H and O–H groups in total. The summed E-state index contributed by atoms with van der Waals surface area (Å²) in [6, 6.07) is 9.14. The minimum absolute atomic E-state index is 0.0383. The van der Waals surface area contributed by atoms with Gasteiger partial charge in [-0.05, 0) is 44.7 Å². The average Bonchev–Trinajstić information content (AvgIpc) is 2.71. The number of carbonyl (C=O) groups is 1. The molecule has 1 aromatic heterocycles. The van der Waals surface area contributed by atoms with E-state index < -0.39 is 0 Å². The third-order valence-corrected chi connectivity index (χ3v) is 4.49. The summed E-state index contributed by atoms with van der Waals surface area (Å²) in [5.41, 5.74) is 0.834. The number of ether oxygens (including phenoxy) is 2. The molecule has 8 heteroatoms. The highest BCUT2D eigenvalue weighted by Crippen LogP contribution is 2.25. The minimum atomic E-state index is -0.253. The van der Waals surface area contributed by atoms with Crippen LogP contribution in [0.2, 0.25) is 0 Å². The standard InChI is InChI=1S/C20H23N5O3/c1-2-27-18-6-4-3-5-16(18)25-20(26)24-14-7-9-15(10-8-14)28-19-17(13-21)22-11-12-23-19/h3-6,11-12,14-15H,2,7-10H2,1H3,(H2,24,25,26). The summed E-state index contributed by atoms with van der Waals surface area (Å²) in [5.74, 6) is 0.918. The largest absolute Gasteiger partial charge is 0.492 e. The normalized spacial score (nSPS) is 18.6. The SMILES string of the molecule is CCOc1ccccc1NC(=O)NC1CCC(Oc2nccnc2C#N)CC1. The molecule has 1 aliphatic rings. The summed E-state index contributed by atoms with van der Waals surface area (Å²) in [4.78, 5) is 20.4. The number of hydrogen-bond acceptors (Lipinski definition) is 6. The van der Waals surface area contributed by atoms with Gasteiger partial charge in [-0.1, -0.05) is 12.1 Å². The topological polar surface area (TPSA) is 109 Å². The van der Waals surface area contributed by atoms with E-state index in [1.165, 1.54) is 12.4 Å². The van der Waals surface area contributed by atoms with Crippen LogP contribution in [0.25, 0.3) is 0 Å². The lowest BCUT2D eigenvalue weighted by atomic mass is 9.93. The van der Waals surface area contributed by atoms with Crippen molar-refractivity contribution in [1.29, 1.82) is 5.26 Å². The Balaban J connectivity index is 1.48. The van der Waals surface area contributed by atoms with Gasteiger partial charge in [-0.3, -0.25) is 0 Å². The van der Waals surface area contributed by atoms with Crippen LogP contribution in [0.1, 0.15) is 38.3 Å². The second-order valence-electron chi connectivity index (χ2n) is 6.44. The molecule has 1 heterocycles. The molecule has 0 saturated heterocycles. The number of nitrogens with zero attached hydrogens (tertiary/aromatic N) is 3. The van der Waals surface area contributed by atoms with Crippen LogP contribution in [0.15, 0.2) is 36.7 Å². The van der Waals surface area contributed by atoms with E-state index in [4.69, 9.17) is 14.7 Å². The number of hydrogen-bond donors (Lipinski definition) is 2. The van der Waals surface area contributed by atoms with Gasteiger partial charge in [0.15, 0.2) is 0 Å². The Hall–Kier alpha value is -3.34. The molecule has 0 atom stereocenters. The lowest BCUT2D eigenvalue weighted by Gasteiger charge is -2.29. The molecule has 2 aromatic rings. The number of para-hydroxylation sites is 2. The summed E-state index contributed by atoms with van der Waals surface area (Å²) < 4.78 is 11.4. The van der Waals surface area contributed by atoms with Gasteiger partial charge in [0.2, 0.25) is 5.69 Å². The maximum Gasteiger partial charge on any atom is 0.319 e. The lowest BCUT2D eigenvalue weighted by Crippen LogP contribution is -2.41. The predicted octanol–water partition coefficient (Wildman–Crippen LogP) is 3.26. The van der Waals surface area contributed by atoms with E-state index >= 15 is 0 Å². The van der Waals surface area contributed by atoms with Crippen molar-refractivity contribution in [2.45, 2.75) is 44.8 Å². The Kier molecular flexibility index (Phi) is 6.63. The zero-order chi connectivity index (χ0) is 19.8. The second-order valence-corrected chi connectivity index (χ2v) is 6.44. The van der Waals surface area contributed by atoms with E-state index in [0.717, 1.165) is 25.7 Å². The van der Waals surface area contributed by atoms with Crippen LogP contribution in [-0.4, -0.2) is 34.8 Å². The molecule has 0 radical (unpaired) electrons. The Labute approximate surface area is 163 Å². The molecule has 146 valence electrons. The van der Waals surface area contributed by atoms with Gasteiger partial charge in [0.25, 0.3) is 5.88 Å². The number of anilines is 1. The molecule has 3 rings (SSSR count). The predicted molar refractivity (Wildman–Crippen MR) is 103 cm³/mol. The van der Waals surface area contributed by atoms with Crippen molar-refractivity contribution in [3.63, 3.8) is 0 Å². The van der Waals surface area contributed by atoms with Crippen LogP contribution in [0.4, 0.5) is 10.5 Å². The maximum atomic E-state index is 12.3. The van der Waals surface area contributed by atoms with Crippen molar-refractivity contribution in [1.82, 2.24) is 15.3 Å². The number of aromatic nitrogens is 2. The molecule has 0 bridgehead atoms. The highest BCUT2D eigenvalue weighted by Gasteiger charge is 2.25. The summed E-state index contributed by atoms with van der Waals surface area (Å²) in [6.45, 7) is 2.43. The molecule has 2 amide bonds. The smallest absolute Gasteiger partial charge is 0.319 e. The van der Waals surface area contributed by atoms with Gasteiger partial charge in [-0.2, -0.15) is 5.26 Å². The Morgan fingerprint density at radius 2 is 1.96 bits per heavy atom. The van der Waals surface area contributed by atoms with Crippen molar-refractivity contribution >= 4 is 11.7 Å². The van der Waals surface area contributed by atoms with Gasteiger partial charge in [0.05, 0.1) is 12.3 Å². The molecule has 8 nitrogen and oxygen atoms in total. The van der Waals surface area contributed by atoms with Gasteiger partial charge in [0, 0.05) is 18.4 Å². The molecule has 0 aliphatic heterocycles. The second kappa shape index (κ2) is 9.55. The van der Waals surface area contributed by atoms with E-state index in [2.05, 4.69) is 20.6 Å². The van der Waals surface area contributed by atoms with Crippen molar-refractivity contribution in [3.05, 3.63) is 42.4 Å². The molecule has 1 aromatic carbocycles.